The Morgan fingerprint density at radius 1 is 1.42 bits per heavy atom. The molecule has 0 aliphatic carbocycles. The number of hydrazine groups is 1. The van der Waals surface area contributed by atoms with Crippen molar-refractivity contribution in [3.8, 4) is 17.6 Å². The maximum absolute atomic E-state index is 11.0. The molecular formula is C13H14N2O3S. The molecule has 1 amide bonds. The van der Waals surface area contributed by atoms with Gasteiger partial charge in [-0.25, -0.2) is 5.84 Å². The summed E-state index contributed by atoms with van der Waals surface area (Å²) in [5, 5.41) is 0.0263. The van der Waals surface area contributed by atoms with Crippen LogP contribution in [0.5, 0.6) is 5.75 Å². The number of benzene rings is 1. The molecule has 3 N–H and O–H groups in total. The number of nitrogens with two attached hydrogens (primary N) is 1. The van der Waals surface area contributed by atoms with Crippen molar-refractivity contribution < 1.29 is 14.3 Å². The van der Waals surface area contributed by atoms with Crippen LogP contribution in [-0.4, -0.2) is 23.4 Å². The lowest BCUT2D eigenvalue weighted by Crippen LogP contribution is -2.34. The zero-order valence-electron chi connectivity index (χ0n) is 10.4. The minimum Gasteiger partial charge on any atom is -0.482 e. The zero-order chi connectivity index (χ0) is 14.1. The predicted molar refractivity (Wildman–Crippen MR) is 74.3 cm³/mol. The van der Waals surface area contributed by atoms with Crippen LogP contribution >= 0.6 is 11.8 Å². The lowest BCUT2D eigenvalue weighted by molar-refractivity contribution is -0.123. The Hall–Kier alpha value is -1.97. The summed E-state index contributed by atoms with van der Waals surface area (Å²) in [4.78, 5) is 21.7. The van der Waals surface area contributed by atoms with Gasteiger partial charge in [-0.3, -0.25) is 15.0 Å². The first kappa shape index (κ1) is 15.1. The number of rotatable bonds is 4. The Balaban J connectivity index is 2.67. The van der Waals surface area contributed by atoms with Gasteiger partial charge in [-0.05, 0) is 12.1 Å². The molecule has 0 aromatic heterocycles. The lowest BCUT2D eigenvalue weighted by atomic mass is 10.2. The van der Waals surface area contributed by atoms with Crippen LogP contribution in [0.25, 0.3) is 0 Å². The van der Waals surface area contributed by atoms with Crippen LogP contribution in [0.2, 0.25) is 0 Å². The number of para-hydroxylation sites is 1. The van der Waals surface area contributed by atoms with Gasteiger partial charge in [0.05, 0.1) is 11.3 Å². The van der Waals surface area contributed by atoms with Crippen LogP contribution in [0.3, 0.4) is 0 Å². The van der Waals surface area contributed by atoms with Crippen LogP contribution in [0.1, 0.15) is 12.5 Å². The molecule has 19 heavy (non-hydrogen) atoms. The summed E-state index contributed by atoms with van der Waals surface area (Å²) in [5.74, 6) is 11.2. The molecule has 0 saturated heterocycles. The van der Waals surface area contributed by atoms with E-state index in [-0.39, 0.29) is 11.7 Å². The van der Waals surface area contributed by atoms with Crippen molar-refractivity contribution in [2.75, 3.05) is 12.4 Å². The number of amides is 1. The van der Waals surface area contributed by atoms with Crippen molar-refractivity contribution in [2.24, 2.45) is 5.84 Å². The van der Waals surface area contributed by atoms with Gasteiger partial charge in [0.1, 0.15) is 5.75 Å². The van der Waals surface area contributed by atoms with Crippen LogP contribution < -0.4 is 16.0 Å². The Morgan fingerprint density at radius 3 is 2.84 bits per heavy atom. The molecule has 1 rings (SSSR count). The second kappa shape index (κ2) is 8.19. The molecule has 6 heteroatoms. The first-order valence-electron chi connectivity index (χ1n) is 5.47. The standard InChI is InChI=1S/C13H14N2O3S/c1-10(16)19-8-4-6-11-5-2-3-7-12(11)18-9-13(17)15-14/h2-3,5,7H,8-9,14H2,1H3,(H,15,17). The average molecular weight is 278 g/mol. The summed E-state index contributed by atoms with van der Waals surface area (Å²) in [6.07, 6.45) is 0. The van der Waals surface area contributed by atoms with Gasteiger partial charge in [-0.1, -0.05) is 35.7 Å². The second-order valence-electron chi connectivity index (χ2n) is 3.43. The molecule has 1 aromatic carbocycles. The molecule has 5 nitrogen and oxygen atoms in total. The van der Waals surface area contributed by atoms with Gasteiger partial charge in [0, 0.05) is 6.92 Å². The number of hydrogen-bond donors (Lipinski definition) is 2. The number of carbonyl (C=O) groups is 2. The maximum atomic E-state index is 11.0. The monoisotopic (exact) mass is 278 g/mol. The summed E-state index contributed by atoms with van der Waals surface area (Å²) >= 11 is 1.14. The normalized spacial score (nSPS) is 9.16. The van der Waals surface area contributed by atoms with Gasteiger partial charge in [0.15, 0.2) is 11.7 Å². The smallest absolute Gasteiger partial charge is 0.271 e. The third-order valence-electron chi connectivity index (χ3n) is 1.98. The summed E-state index contributed by atoms with van der Waals surface area (Å²) in [5.41, 5.74) is 2.64. The fourth-order valence-corrected chi connectivity index (χ4v) is 1.50. The van der Waals surface area contributed by atoms with E-state index in [0.29, 0.717) is 17.1 Å². The van der Waals surface area contributed by atoms with Gasteiger partial charge < -0.3 is 4.74 Å². The zero-order valence-corrected chi connectivity index (χ0v) is 11.3. The largest absolute Gasteiger partial charge is 0.482 e. The van der Waals surface area contributed by atoms with Gasteiger partial charge in [-0.15, -0.1) is 0 Å². The topological polar surface area (TPSA) is 81.4 Å². The van der Waals surface area contributed by atoms with E-state index < -0.39 is 5.91 Å². The van der Waals surface area contributed by atoms with Gasteiger partial charge in [0.2, 0.25) is 0 Å². The quantitative estimate of drug-likeness (QED) is 0.366. The van der Waals surface area contributed by atoms with E-state index in [9.17, 15) is 9.59 Å². The molecule has 0 bridgehead atoms. The summed E-state index contributed by atoms with van der Waals surface area (Å²) in [7, 11) is 0. The predicted octanol–water partition coefficient (Wildman–Crippen LogP) is 0.687. The molecular weight excluding hydrogens is 264 g/mol. The van der Waals surface area contributed by atoms with E-state index in [1.54, 1.807) is 18.2 Å². The van der Waals surface area contributed by atoms with Crippen molar-refractivity contribution in [3.05, 3.63) is 29.8 Å². The highest BCUT2D eigenvalue weighted by atomic mass is 32.2. The summed E-state index contributed by atoms with van der Waals surface area (Å²) in [6, 6.07) is 7.09. The fourth-order valence-electron chi connectivity index (χ4n) is 1.15. The van der Waals surface area contributed by atoms with Crippen LogP contribution in [0.15, 0.2) is 24.3 Å². The fraction of sp³-hybridized carbons (Fsp3) is 0.231. The maximum Gasteiger partial charge on any atom is 0.271 e. The summed E-state index contributed by atoms with van der Waals surface area (Å²) in [6.45, 7) is 1.33. The highest BCUT2D eigenvalue weighted by Crippen LogP contribution is 2.16. The number of thioether (sulfide) groups is 1. The highest BCUT2D eigenvalue weighted by molar-refractivity contribution is 8.13. The van der Waals surface area contributed by atoms with Crippen molar-refractivity contribution in [3.63, 3.8) is 0 Å². The highest BCUT2D eigenvalue weighted by Gasteiger charge is 2.03. The van der Waals surface area contributed by atoms with E-state index >= 15 is 0 Å². The molecule has 0 radical (unpaired) electrons. The molecule has 0 unspecified atom stereocenters. The van der Waals surface area contributed by atoms with Crippen molar-refractivity contribution >= 4 is 22.8 Å². The van der Waals surface area contributed by atoms with E-state index in [1.165, 1.54) is 6.92 Å². The van der Waals surface area contributed by atoms with Crippen LogP contribution in [-0.2, 0) is 9.59 Å². The summed E-state index contributed by atoms with van der Waals surface area (Å²) < 4.78 is 5.30. The lowest BCUT2D eigenvalue weighted by Gasteiger charge is -2.06. The number of ether oxygens (including phenoxy) is 1. The van der Waals surface area contributed by atoms with Crippen LogP contribution in [0, 0.1) is 11.8 Å². The molecule has 0 atom stereocenters. The van der Waals surface area contributed by atoms with Crippen LogP contribution in [0.4, 0.5) is 0 Å². The molecule has 0 aliphatic rings. The number of nitrogens with one attached hydrogen (secondary N) is 1. The molecule has 0 aliphatic heterocycles. The number of hydrogen-bond acceptors (Lipinski definition) is 5. The van der Waals surface area contributed by atoms with E-state index in [0.717, 1.165) is 11.8 Å². The molecule has 0 fully saturated rings. The van der Waals surface area contributed by atoms with Crippen molar-refractivity contribution in [2.45, 2.75) is 6.92 Å². The Bertz CT molecular complexity index is 520. The average Bonchev–Trinajstić information content (AvgIpc) is 2.41. The first-order chi connectivity index (χ1) is 9.13. The first-order valence-corrected chi connectivity index (χ1v) is 6.45. The number of carbonyl (C=O) groups excluding carboxylic acids is 2. The second-order valence-corrected chi connectivity index (χ2v) is 4.59. The Labute approximate surface area is 115 Å². The SMILES string of the molecule is CC(=O)SCC#Cc1ccccc1OCC(=O)NN. The van der Waals surface area contributed by atoms with Gasteiger partial charge >= 0.3 is 0 Å². The third-order valence-corrected chi connectivity index (χ3v) is 2.67. The minimum atomic E-state index is -0.421. The van der Waals surface area contributed by atoms with Crippen molar-refractivity contribution in [1.29, 1.82) is 0 Å². The van der Waals surface area contributed by atoms with Gasteiger partial charge in [-0.2, -0.15) is 0 Å². The molecule has 1 aromatic rings. The Kier molecular flexibility index (Phi) is 6.50. The van der Waals surface area contributed by atoms with E-state index in [2.05, 4.69) is 11.8 Å². The van der Waals surface area contributed by atoms with Crippen molar-refractivity contribution in [1.82, 2.24) is 5.43 Å². The molecule has 0 saturated carbocycles. The minimum absolute atomic E-state index is 0.0263. The molecule has 100 valence electrons. The third kappa shape index (κ3) is 5.95. The Morgan fingerprint density at radius 2 is 2.16 bits per heavy atom. The molecule has 0 spiro atoms. The molecule has 0 heterocycles. The van der Waals surface area contributed by atoms with E-state index in [4.69, 9.17) is 10.6 Å². The van der Waals surface area contributed by atoms with Gasteiger partial charge in [0.25, 0.3) is 5.91 Å². The van der Waals surface area contributed by atoms with E-state index in [1.807, 2.05) is 11.5 Å².